The summed E-state index contributed by atoms with van der Waals surface area (Å²) in [5.41, 5.74) is 3.80. The van der Waals surface area contributed by atoms with E-state index in [0.717, 1.165) is 82.2 Å². The Kier molecular flexibility index (Phi) is 6.51. The van der Waals surface area contributed by atoms with Gasteiger partial charge in [0, 0.05) is 49.6 Å². The van der Waals surface area contributed by atoms with Crippen molar-refractivity contribution in [1.82, 2.24) is 30.3 Å². The maximum absolute atomic E-state index is 12.0. The standard InChI is InChI=1S/C27H40N8O/c1-6-23(36)35-16-27(17-35)9-10-34(15-27)25-30-22-13-26(4,5)8-7-21(22)24(31-25)29-19(11-18(2)3)12-20-14-28-33-32-20/h6,14,18-19H,1,7-13,15-17H2,2-5H3,(H,28,32,33)(H,29,30,31). The number of anilines is 2. The molecule has 1 spiro atoms. The minimum absolute atomic E-state index is 0.0288. The molecular formula is C27H40N8O. The number of aromatic nitrogens is 5. The molecule has 1 unspecified atom stereocenters. The number of carbonyl (C=O) groups excluding carboxylic acids is 1. The highest BCUT2D eigenvalue weighted by molar-refractivity contribution is 5.87. The molecule has 5 rings (SSSR count). The molecule has 2 N–H and O–H groups in total. The zero-order chi connectivity index (χ0) is 25.5. The van der Waals surface area contributed by atoms with Crippen LogP contribution in [0, 0.1) is 16.7 Å². The van der Waals surface area contributed by atoms with Crippen LogP contribution in [-0.4, -0.2) is 68.4 Å². The van der Waals surface area contributed by atoms with Crippen LogP contribution in [0.25, 0.3) is 0 Å². The van der Waals surface area contributed by atoms with Crippen molar-refractivity contribution in [3.05, 3.63) is 35.8 Å². The lowest BCUT2D eigenvalue weighted by atomic mass is 9.76. The van der Waals surface area contributed by atoms with Gasteiger partial charge in [0.2, 0.25) is 11.9 Å². The Morgan fingerprint density at radius 2 is 2.06 bits per heavy atom. The molecule has 3 aliphatic rings. The van der Waals surface area contributed by atoms with Crippen molar-refractivity contribution < 1.29 is 4.79 Å². The number of hydrogen-bond acceptors (Lipinski definition) is 7. The summed E-state index contributed by atoms with van der Waals surface area (Å²) in [5, 5.41) is 14.9. The maximum atomic E-state index is 12.0. The van der Waals surface area contributed by atoms with Crippen LogP contribution in [0.5, 0.6) is 0 Å². The summed E-state index contributed by atoms with van der Waals surface area (Å²) < 4.78 is 0. The summed E-state index contributed by atoms with van der Waals surface area (Å²) >= 11 is 0. The van der Waals surface area contributed by atoms with E-state index in [4.69, 9.17) is 9.97 Å². The number of nitrogens with one attached hydrogen (secondary N) is 2. The minimum atomic E-state index is 0.0288. The molecule has 194 valence electrons. The van der Waals surface area contributed by atoms with Crippen LogP contribution < -0.4 is 10.2 Å². The number of nitrogens with zero attached hydrogens (tertiary/aromatic N) is 6. The fourth-order valence-corrected chi connectivity index (χ4v) is 6.14. The first-order valence-corrected chi connectivity index (χ1v) is 13.3. The highest BCUT2D eigenvalue weighted by Crippen LogP contribution is 2.42. The summed E-state index contributed by atoms with van der Waals surface area (Å²) in [7, 11) is 0. The van der Waals surface area contributed by atoms with Crippen LogP contribution in [0.1, 0.15) is 63.9 Å². The summed E-state index contributed by atoms with van der Waals surface area (Å²) in [4.78, 5) is 26.5. The van der Waals surface area contributed by atoms with E-state index in [1.807, 2.05) is 4.90 Å². The van der Waals surface area contributed by atoms with Gasteiger partial charge in [0.15, 0.2) is 0 Å². The number of likely N-dealkylation sites (tertiary alicyclic amines) is 1. The molecule has 0 saturated carbocycles. The number of fused-ring (bicyclic) bond motifs is 1. The van der Waals surface area contributed by atoms with Crippen molar-refractivity contribution in [2.75, 3.05) is 36.4 Å². The number of H-pyrrole nitrogens is 1. The van der Waals surface area contributed by atoms with Crippen molar-refractivity contribution in [3.8, 4) is 0 Å². The normalized spacial score (nSPS) is 20.8. The molecular weight excluding hydrogens is 452 g/mol. The molecule has 2 fully saturated rings. The SMILES string of the molecule is C=CC(=O)N1CC2(CCN(c3nc4c(c(NC(Cc5cn[nH]n5)CC(C)C)n3)CCC(C)(C)C4)C2)C1. The quantitative estimate of drug-likeness (QED) is 0.545. The van der Waals surface area contributed by atoms with Crippen molar-refractivity contribution in [2.45, 2.75) is 72.3 Å². The lowest BCUT2D eigenvalue weighted by Gasteiger charge is -2.47. The van der Waals surface area contributed by atoms with E-state index in [9.17, 15) is 4.79 Å². The third-order valence-electron chi connectivity index (χ3n) is 8.06. The van der Waals surface area contributed by atoms with Crippen LogP contribution in [0.4, 0.5) is 11.8 Å². The third-order valence-corrected chi connectivity index (χ3v) is 8.06. The topological polar surface area (TPSA) is 103 Å². The zero-order valence-corrected chi connectivity index (χ0v) is 22.2. The average molecular weight is 493 g/mol. The molecule has 2 saturated heterocycles. The van der Waals surface area contributed by atoms with Gasteiger partial charge in [-0.1, -0.05) is 34.3 Å². The van der Waals surface area contributed by atoms with Crippen LogP contribution >= 0.6 is 0 Å². The van der Waals surface area contributed by atoms with Gasteiger partial charge in [-0.3, -0.25) is 4.79 Å². The second-order valence-corrected chi connectivity index (χ2v) is 12.3. The average Bonchev–Trinajstić information content (AvgIpc) is 3.46. The molecule has 9 nitrogen and oxygen atoms in total. The van der Waals surface area contributed by atoms with Gasteiger partial charge in [-0.05, 0) is 49.5 Å². The number of amides is 1. The zero-order valence-electron chi connectivity index (χ0n) is 22.2. The number of rotatable bonds is 8. The second-order valence-electron chi connectivity index (χ2n) is 12.3. The van der Waals surface area contributed by atoms with Gasteiger partial charge in [-0.25, -0.2) is 4.98 Å². The molecule has 4 heterocycles. The fourth-order valence-electron chi connectivity index (χ4n) is 6.14. The number of aromatic amines is 1. The Morgan fingerprint density at radius 1 is 1.25 bits per heavy atom. The van der Waals surface area contributed by atoms with E-state index in [0.29, 0.717) is 5.92 Å². The largest absolute Gasteiger partial charge is 0.367 e. The van der Waals surface area contributed by atoms with E-state index >= 15 is 0 Å². The minimum Gasteiger partial charge on any atom is -0.367 e. The first kappa shape index (κ1) is 24.7. The molecule has 1 aliphatic carbocycles. The van der Waals surface area contributed by atoms with E-state index in [1.54, 1.807) is 6.20 Å². The summed E-state index contributed by atoms with van der Waals surface area (Å²) in [5.74, 6) is 2.38. The van der Waals surface area contributed by atoms with Crippen molar-refractivity contribution in [2.24, 2.45) is 16.7 Å². The van der Waals surface area contributed by atoms with Gasteiger partial charge >= 0.3 is 0 Å². The highest BCUT2D eigenvalue weighted by atomic mass is 16.2. The van der Waals surface area contributed by atoms with Crippen molar-refractivity contribution in [1.29, 1.82) is 0 Å². The number of carbonyl (C=O) groups is 1. The Labute approximate surface area is 214 Å². The predicted octanol–water partition coefficient (Wildman–Crippen LogP) is 3.40. The molecule has 0 bridgehead atoms. The van der Waals surface area contributed by atoms with E-state index in [2.05, 4.69) is 59.9 Å². The van der Waals surface area contributed by atoms with Crippen LogP contribution in [-0.2, 0) is 24.1 Å². The van der Waals surface area contributed by atoms with E-state index in [1.165, 1.54) is 17.3 Å². The molecule has 2 aromatic rings. The molecule has 0 radical (unpaired) electrons. The van der Waals surface area contributed by atoms with Crippen molar-refractivity contribution >= 4 is 17.7 Å². The van der Waals surface area contributed by atoms with Gasteiger partial charge in [-0.2, -0.15) is 20.4 Å². The third kappa shape index (κ3) is 5.11. The Hall–Kier alpha value is -2.97. The van der Waals surface area contributed by atoms with Crippen LogP contribution in [0.15, 0.2) is 18.9 Å². The smallest absolute Gasteiger partial charge is 0.245 e. The molecule has 9 heteroatoms. The first-order chi connectivity index (χ1) is 17.2. The van der Waals surface area contributed by atoms with Gasteiger partial charge in [0.25, 0.3) is 0 Å². The Morgan fingerprint density at radius 3 is 2.75 bits per heavy atom. The Balaban J connectivity index is 1.40. The lowest BCUT2D eigenvalue weighted by Crippen LogP contribution is -2.59. The van der Waals surface area contributed by atoms with Gasteiger partial charge < -0.3 is 15.1 Å². The summed E-state index contributed by atoms with van der Waals surface area (Å²) in [6, 6.07) is 0.215. The molecule has 1 atom stereocenters. The van der Waals surface area contributed by atoms with Gasteiger partial charge in [-0.15, -0.1) is 0 Å². The maximum Gasteiger partial charge on any atom is 0.245 e. The fraction of sp³-hybridized carbons (Fsp3) is 0.667. The summed E-state index contributed by atoms with van der Waals surface area (Å²) in [6.07, 6.45) is 9.19. The monoisotopic (exact) mass is 492 g/mol. The van der Waals surface area contributed by atoms with Gasteiger partial charge in [0.1, 0.15) is 5.82 Å². The predicted molar refractivity (Wildman–Crippen MR) is 141 cm³/mol. The lowest BCUT2D eigenvalue weighted by molar-refractivity contribution is -0.136. The molecule has 1 amide bonds. The first-order valence-electron chi connectivity index (χ1n) is 13.3. The van der Waals surface area contributed by atoms with Crippen LogP contribution in [0.2, 0.25) is 0 Å². The van der Waals surface area contributed by atoms with Crippen LogP contribution in [0.3, 0.4) is 0 Å². The molecule has 0 aromatic carbocycles. The van der Waals surface area contributed by atoms with E-state index in [-0.39, 0.29) is 22.8 Å². The molecule has 2 aliphatic heterocycles. The van der Waals surface area contributed by atoms with Gasteiger partial charge in [0.05, 0.1) is 17.6 Å². The molecule has 36 heavy (non-hydrogen) atoms. The summed E-state index contributed by atoms with van der Waals surface area (Å²) in [6.45, 7) is 16.2. The van der Waals surface area contributed by atoms with E-state index < -0.39 is 0 Å². The van der Waals surface area contributed by atoms with Crippen molar-refractivity contribution in [3.63, 3.8) is 0 Å². The number of hydrogen-bond donors (Lipinski definition) is 2. The molecule has 2 aromatic heterocycles. The second kappa shape index (κ2) is 9.48. The highest BCUT2D eigenvalue weighted by Gasteiger charge is 2.49. The Bertz CT molecular complexity index is 1100.